The molecule has 0 aliphatic heterocycles. The maximum absolute atomic E-state index is 12.2. The van der Waals surface area contributed by atoms with E-state index in [4.69, 9.17) is 10.5 Å². The molecule has 1 atom stereocenters. The topological polar surface area (TPSA) is 94.3 Å². The van der Waals surface area contributed by atoms with Crippen molar-refractivity contribution in [2.24, 2.45) is 0 Å². The summed E-state index contributed by atoms with van der Waals surface area (Å²) in [6.07, 6.45) is -0.544. The van der Waals surface area contributed by atoms with Crippen LogP contribution in [-0.4, -0.2) is 23.0 Å². The highest BCUT2D eigenvalue weighted by Crippen LogP contribution is 2.12. The molecule has 0 saturated heterocycles. The van der Waals surface area contributed by atoms with E-state index in [1.807, 2.05) is 13.0 Å². The highest BCUT2D eigenvalue weighted by atomic mass is 16.5. The maximum atomic E-state index is 12.2. The molecule has 120 valence electrons. The molecule has 0 aliphatic rings. The quantitative estimate of drug-likeness (QED) is 0.653. The van der Waals surface area contributed by atoms with Crippen molar-refractivity contribution < 1.29 is 14.3 Å². The summed E-state index contributed by atoms with van der Waals surface area (Å²) in [7, 11) is 0. The Morgan fingerprint density at radius 3 is 2.65 bits per heavy atom. The molecule has 6 nitrogen and oxygen atoms in total. The lowest BCUT2D eigenvalue weighted by Gasteiger charge is -2.16. The molecule has 1 aromatic carbocycles. The van der Waals surface area contributed by atoms with E-state index < -0.39 is 18.0 Å². The van der Waals surface area contributed by atoms with E-state index in [2.05, 4.69) is 10.3 Å². The molecule has 0 aliphatic carbocycles. The van der Waals surface area contributed by atoms with Gasteiger partial charge in [0.15, 0.2) is 6.10 Å². The molecule has 1 amide bonds. The number of esters is 1. The number of aryl methyl sites for hydroxylation is 1. The molecule has 0 fully saturated rings. The van der Waals surface area contributed by atoms with Crippen LogP contribution < -0.4 is 11.1 Å². The minimum absolute atomic E-state index is 0.310. The third-order valence-electron chi connectivity index (χ3n) is 3.17. The molecule has 1 heterocycles. The van der Waals surface area contributed by atoms with Crippen LogP contribution in [0.5, 0.6) is 0 Å². The second-order valence-electron chi connectivity index (χ2n) is 5.08. The van der Waals surface area contributed by atoms with Gasteiger partial charge in [0.1, 0.15) is 5.82 Å². The summed E-state index contributed by atoms with van der Waals surface area (Å²) in [6.45, 7) is 3.59. The van der Waals surface area contributed by atoms with Crippen LogP contribution in [0.4, 0.5) is 11.5 Å². The summed E-state index contributed by atoms with van der Waals surface area (Å²) in [5, 5.41) is 2.65. The number of hydrogen-bond acceptors (Lipinski definition) is 5. The Bertz CT molecular complexity index is 716. The zero-order valence-corrected chi connectivity index (χ0v) is 13.1. The average Bonchev–Trinajstić information content (AvgIpc) is 2.52. The van der Waals surface area contributed by atoms with Crippen LogP contribution in [0.2, 0.25) is 0 Å². The Kier molecular flexibility index (Phi) is 5.30. The summed E-state index contributed by atoms with van der Waals surface area (Å²) < 4.78 is 5.27. The number of hydrogen-bond donors (Lipinski definition) is 2. The fourth-order valence-electron chi connectivity index (χ4n) is 2.00. The Morgan fingerprint density at radius 1 is 1.26 bits per heavy atom. The second kappa shape index (κ2) is 7.40. The minimum atomic E-state index is -0.897. The Hall–Kier alpha value is -2.89. The van der Waals surface area contributed by atoms with Gasteiger partial charge in [0, 0.05) is 11.4 Å². The number of ether oxygens (including phenoxy) is 1. The maximum Gasteiger partial charge on any atom is 0.338 e. The average molecular weight is 313 g/mol. The van der Waals surface area contributed by atoms with Crippen LogP contribution in [0.25, 0.3) is 0 Å². The number of amides is 1. The first kappa shape index (κ1) is 16.5. The van der Waals surface area contributed by atoms with Crippen LogP contribution in [0, 0.1) is 6.92 Å². The van der Waals surface area contributed by atoms with Gasteiger partial charge >= 0.3 is 5.97 Å². The number of pyridine rings is 1. The largest absolute Gasteiger partial charge is 0.449 e. The summed E-state index contributed by atoms with van der Waals surface area (Å²) in [6, 6.07) is 11.7. The lowest BCUT2D eigenvalue weighted by atomic mass is 10.2. The molecule has 0 spiro atoms. The van der Waals surface area contributed by atoms with Crippen molar-refractivity contribution in [2.75, 3.05) is 11.1 Å². The first-order valence-electron chi connectivity index (χ1n) is 7.30. The monoisotopic (exact) mass is 313 g/mol. The molecule has 0 bridgehead atoms. The fraction of sp³-hybridized carbons (Fsp3) is 0.235. The van der Waals surface area contributed by atoms with Gasteiger partial charge in [-0.2, -0.15) is 0 Å². The lowest BCUT2D eigenvalue weighted by molar-refractivity contribution is -0.124. The van der Waals surface area contributed by atoms with Crippen molar-refractivity contribution in [2.45, 2.75) is 26.4 Å². The molecule has 1 aromatic heterocycles. The number of carbonyl (C=O) groups is 2. The van der Waals surface area contributed by atoms with Crippen molar-refractivity contribution in [3.05, 3.63) is 53.7 Å². The number of rotatable bonds is 5. The molecule has 2 aromatic rings. The normalized spacial score (nSPS) is 11.6. The van der Waals surface area contributed by atoms with Crippen molar-refractivity contribution in [1.82, 2.24) is 4.98 Å². The molecule has 23 heavy (non-hydrogen) atoms. The number of carbonyl (C=O) groups excluding carboxylic acids is 2. The van der Waals surface area contributed by atoms with Gasteiger partial charge in [0.2, 0.25) is 0 Å². The van der Waals surface area contributed by atoms with Gasteiger partial charge < -0.3 is 15.8 Å². The van der Waals surface area contributed by atoms with Gasteiger partial charge in [-0.3, -0.25) is 4.79 Å². The Balaban J connectivity index is 2.04. The predicted octanol–water partition coefficient (Wildman–Crippen LogP) is 2.55. The van der Waals surface area contributed by atoms with Crippen LogP contribution in [-0.2, 0) is 9.53 Å². The zero-order valence-electron chi connectivity index (χ0n) is 13.1. The zero-order chi connectivity index (χ0) is 16.8. The minimum Gasteiger partial charge on any atom is -0.449 e. The van der Waals surface area contributed by atoms with Gasteiger partial charge in [-0.25, -0.2) is 9.78 Å². The highest BCUT2D eigenvalue weighted by Gasteiger charge is 2.22. The number of anilines is 2. The molecule has 3 N–H and O–H groups in total. The molecule has 6 heteroatoms. The van der Waals surface area contributed by atoms with Crippen molar-refractivity contribution >= 4 is 23.4 Å². The van der Waals surface area contributed by atoms with Gasteiger partial charge in [-0.1, -0.05) is 19.1 Å². The van der Waals surface area contributed by atoms with Crippen LogP contribution in [0.15, 0.2) is 42.5 Å². The fourth-order valence-corrected chi connectivity index (χ4v) is 2.00. The summed E-state index contributed by atoms with van der Waals surface area (Å²) in [4.78, 5) is 28.5. The third-order valence-corrected chi connectivity index (χ3v) is 3.17. The summed E-state index contributed by atoms with van der Waals surface area (Å²) >= 11 is 0. The smallest absolute Gasteiger partial charge is 0.338 e. The van der Waals surface area contributed by atoms with Crippen molar-refractivity contribution in [1.29, 1.82) is 0 Å². The molecule has 0 saturated carbocycles. The number of nitrogens with one attached hydrogen (secondary N) is 1. The highest BCUT2D eigenvalue weighted by molar-refractivity contribution is 5.97. The van der Waals surface area contributed by atoms with Gasteiger partial charge in [0.05, 0.1) is 5.56 Å². The molecular formula is C17H19N3O3. The van der Waals surface area contributed by atoms with E-state index in [1.165, 1.54) is 6.07 Å². The number of aromatic nitrogens is 1. The Labute approximate surface area is 134 Å². The summed E-state index contributed by atoms with van der Waals surface area (Å²) in [5.41, 5.74) is 7.19. The molecular weight excluding hydrogens is 294 g/mol. The van der Waals surface area contributed by atoms with Crippen LogP contribution in [0.3, 0.4) is 0 Å². The van der Waals surface area contributed by atoms with Crippen molar-refractivity contribution in [3.8, 4) is 0 Å². The molecule has 2 rings (SSSR count). The summed E-state index contributed by atoms with van der Waals surface area (Å²) in [5.74, 6) is -0.576. The molecule has 0 radical (unpaired) electrons. The van der Waals surface area contributed by atoms with E-state index >= 15 is 0 Å². The standard InChI is InChI=1S/C17H19N3O3/c1-3-14(16(21)20-15-9-4-6-11(2)19-15)23-17(22)12-7-5-8-13(18)10-12/h4-10,14H,3,18H2,1-2H3,(H,19,20,21). The number of nitrogens with zero attached hydrogens (tertiary/aromatic N) is 1. The van der Waals surface area contributed by atoms with E-state index in [9.17, 15) is 9.59 Å². The van der Waals surface area contributed by atoms with Gasteiger partial charge in [-0.15, -0.1) is 0 Å². The van der Waals surface area contributed by atoms with E-state index in [1.54, 1.807) is 37.3 Å². The van der Waals surface area contributed by atoms with E-state index in [-0.39, 0.29) is 0 Å². The van der Waals surface area contributed by atoms with E-state index in [0.29, 0.717) is 23.5 Å². The SMILES string of the molecule is CCC(OC(=O)c1cccc(N)c1)C(=O)Nc1cccc(C)n1. The first-order valence-corrected chi connectivity index (χ1v) is 7.30. The number of benzene rings is 1. The van der Waals surface area contributed by atoms with Crippen LogP contribution >= 0.6 is 0 Å². The van der Waals surface area contributed by atoms with Gasteiger partial charge in [-0.05, 0) is 43.7 Å². The third kappa shape index (κ3) is 4.54. The first-order chi connectivity index (χ1) is 11.0. The van der Waals surface area contributed by atoms with Gasteiger partial charge in [0.25, 0.3) is 5.91 Å². The van der Waals surface area contributed by atoms with Crippen LogP contribution in [0.1, 0.15) is 29.4 Å². The second-order valence-corrected chi connectivity index (χ2v) is 5.08. The van der Waals surface area contributed by atoms with E-state index in [0.717, 1.165) is 5.69 Å². The molecule has 1 unspecified atom stereocenters. The number of nitrogens with two attached hydrogens (primary N) is 1. The predicted molar refractivity (Wildman–Crippen MR) is 88.0 cm³/mol. The number of nitrogen functional groups attached to an aromatic ring is 1. The Morgan fingerprint density at radius 2 is 2.00 bits per heavy atom. The lowest BCUT2D eigenvalue weighted by Crippen LogP contribution is -2.32. The van der Waals surface area contributed by atoms with Crippen molar-refractivity contribution in [3.63, 3.8) is 0 Å².